The molecule has 25 heavy (non-hydrogen) atoms. The first-order valence-corrected chi connectivity index (χ1v) is 8.06. The quantitative estimate of drug-likeness (QED) is 0.544. The second-order valence-electron chi connectivity index (χ2n) is 5.14. The monoisotopic (exact) mass is 374 g/mol. The maximum atomic E-state index is 12.3. The summed E-state index contributed by atoms with van der Waals surface area (Å²) >= 11 is 11.7. The Morgan fingerprint density at radius 3 is 2.52 bits per heavy atom. The van der Waals surface area contributed by atoms with E-state index in [1.807, 2.05) is 0 Å². The number of aromatic nitrogens is 1. The molecule has 0 fully saturated rings. The Balaban J connectivity index is 1.68. The van der Waals surface area contributed by atoms with E-state index >= 15 is 0 Å². The zero-order chi connectivity index (χ0) is 17.8. The van der Waals surface area contributed by atoms with Gasteiger partial charge in [-0.15, -0.1) is 0 Å². The Bertz CT molecular complexity index is 943. The Morgan fingerprint density at radius 1 is 1.04 bits per heavy atom. The van der Waals surface area contributed by atoms with Gasteiger partial charge in [-0.05, 0) is 36.4 Å². The van der Waals surface area contributed by atoms with Gasteiger partial charge in [-0.3, -0.25) is 4.79 Å². The number of esters is 1. The molecule has 5 nitrogen and oxygen atoms in total. The fourth-order valence-corrected chi connectivity index (χ4v) is 2.58. The molecule has 2 aromatic carbocycles. The van der Waals surface area contributed by atoms with Crippen LogP contribution in [0.15, 0.2) is 54.6 Å². The predicted octanol–water partition coefficient (Wildman–Crippen LogP) is 4.34. The summed E-state index contributed by atoms with van der Waals surface area (Å²) in [5.74, 6) is -1.10. The van der Waals surface area contributed by atoms with Crippen LogP contribution in [0.4, 0.5) is 5.69 Å². The molecular formula is C18H12Cl2N2O3. The van der Waals surface area contributed by atoms with Crippen LogP contribution in [0.25, 0.3) is 10.9 Å². The van der Waals surface area contributed by atoms with Gasteiger partial charge in [-0.2, -0.15) is 0 Å². The van der Waals surface area contributed by atoms with Crippen molar-refractivity contribution in [2.75, 3.05) is 11.9 Å². The zero-order valence-electron chi connectivity index (χ0n) is 12.8. The maximum absolute atomic E-state index is 12.3. The number of rotatable bonds is 4. The first kappa shape index (κ1) is 17.2. The third kappa shape index (κ3) is 4.26. The molecule has 0 atom stereocenters. The molecule has 3 aromatic rings. The number of ether oxygens (including phenoxy) is 1. The van der Waals surface area contributed by atoms with E-state index in [2.05, 4.69) is 10.3 Å². The number of fused-ring (bicyclic) bond motifs is 1. The van der Waals surface area contributed by atoms with Crippen molar-refractivity contribution in [1.29, 1.82) is 0 Å². The minimum Gasteiger partial charge on any atom is -0.452 e. The highest BCUT2D eigenvalue weighted by molar-refractivity contribution is 6.31. The van der Waals surface area contributed by atoms with Crippen LogP contribution in [0.3, 0.4) is 0 Å². The smallest absolute Gasteiger partial charge is 0.339 e. The van der Waals surface area contributed by atoms with Gasteiger partial charge < -0.3 is 10.1 Å². The number of para-hydroxylation sites is 1. The van der Waals surface area contributed by atoms with Crippen LogP contribution in [0.5, 0.6) is 0 Å². The van der Waals surface area contributed by atoms with Crippen molar-refractivity contribution < 1.29 is 14.3 Å². The second kappa shape index (κ2) is 7.51. The topological polar surface area (TPSA) is 68.3 Å². The number of amides is 1. The molecule has 1 N–H and O–H groups in total. The van der Waals surface area contributed by atoms with Gasteiger partial charge >= 0.3 is 5.97 Å². The Labute approximate surface area is 153 Å². The summed E-state index contributed by atoms with van der Waals surface area (Å²) in [6.45, 7) is -0.421. The number of carbonyl (C=O) groups is 2. The predicted molar refractivity (Wildman–Crippen MR) is 97.1 cm³/mol. The fraction of sp³-hybridized carbons (Fsp3) is 0.0556. The molecule has 0 radical (unpaired) electrons. The number of nitrogens with one attached hydrogen (secondary N) is 1. The van der Waals surface area contributed by atoms with Crippen molar-refractivity contribution in [3.63, 3.8) is 0 Å². The van der Waals surface area contributed by atoms with E-state index < -0.39 is 18.5 Å². The molecule has 1 amide bonds. The summed E-state index contributed by atoms with van der Waals surface area (Å²) < 4.78 is 5.09. The largest absolute Gasteiger partial charge is 0.452 e. The van der Waals surface area contributed by atoms with E-state index in [9.17, 15) is 9.59 Å². The molecule has 7 heteroatoms. The summed E-state index contributed by atoms with van der Waals surface area (Å²) in [6.07, 6.45) is 0. The van der Waals surface area contributed by atoms with E-state index in [1.54, 1.807) is 48.5 Å². The lowest BCUT2D eigenvalue weighted by atomic mass is 10.1. The number of hydrogen-bond donors (Lipinski definition) is 1. The van der Waals surface area contributed by atoms with E-state index in [4.69, 9.17) is 27.9 Å². The Kier molecular flexibility index (Phi) is 5.16. The molecular weight excluding hydrogens is 363 g/mol. The molecule has 0 aliphatic heterocycles. The van der Waals surface area contributed by atoms with Gasteiger partial charge in [0.15, 0.2) is 6.61 Å². The maximum Gasteiger partial charge on any atom is 0.339 e. The molecule has 0 aliphatic rings. The molecule has 0 spiro atoms. The van der Waals surface area contributed by atoms with E-state index in [0.717, 1.165) is 0 Å². The second-order valence-corrected chi connectivity index (χ2v) is 5.96. The molecule has 0 saturated carbocycles. The molecule has 0 aliphatic carbocycles. The number of halogens is 2. The van der Waals surface area contributed by atoms with Crippen LogP contribution in [-0.4, -0.2) is 23.5 Å². The standard InChI is InChI=1S/C18H12Cl2N2O3/c19-11-5-7-12(8-6-11)21-17(23)10-25-18(24)14-9-16(20)22-15-4-2-1-3-13(14)15/h1-9H,10H2,(H,21,23). The molecule has 126 valence electrons. The minimum absolute atomic E-state index is 0.177. The lowest BCUT2D eigenvalue weighted by Crippen LogP contribution is -2.21. The highest BCUT2D eigenvalue weighted by atomic mass is 35.5. The zero-order valence-corrected chi connectivity index (χ0v) is 14.3. The first-order valence-electron chi connectivity index (χ1n) is 7.31. The van der Waals surface area contributed by atoms with Crippen LogP contribution >= 0.6 is 23.2 Å². The summed E-state index contributed by atoms with van der Waals surface area (Å²) in [7, 11) is 0. The molecule has 3 rings (SSSR count). The summed E-state index contributed by atoms with van der Waals surface area (Å²) in [5.41, 5.74) is 1.39. The van der Waals surface area contributed by atoms with Crippen LogP contribution in [0.2, 0.25) is 10.2 Å². The SMILES string of the molecule is O=C(COC(=O)c1cc(Cl)nc2ccccc12)Nc1ccc(Cl)cc1. The molecule has 0 unspecified atom stereocenters. The highest BCUT2D eigenvalue weighted by Crippen LogP contribution is 2.21. The van der Waals surface area contributed by atoms with Crippen molar-refractivity contribution in [2.24, 2.45) is 0 Å². The van der Waals surface area contributed by atoms with E-state index in [0.29, 0.717) is 21.6 Å². The number of anilines is 1. The van der Waals surface area contributed by atoms with Crippen molar-refractivity contribution >= 4 is 51.7 Å². The third-order valence-corrected chi connectivity index (χ3v) is 3.81. The average Bonchev–Trinajstić information content (AvgIpc) is 2.61. The molecule has 1 heterocycles. The molecule has 1 aromatic heterocycles. The third-order valence-electron chi connectivity index (χ3n) is 3.37. The van der Waals surface area contributed by atoms with E-state index in [1.165, 1.54) is 6.07 Å². The van der Waals surface area contributed by atoms with Crippen molar-refractivity contribution in [3.8, 4) is 0 Å². The lowest BCUT2D eigenvalue weighted by molar-refractivity contribution is -0.119. The van der Waals surface area contributed by atoms with Gasteiger partial charge in [0.25, 0.3) is 5.91 Å². The van der Waals surface area contributed by atoms with Gasteiger partial charge in [0.1, 0.15) is 5.15 Å². The number of nitrogens with zero attached hydrogens (tertiary/aromatic N) is 1. The Hall–Kier alpha value is -2.63. The first-order chi connectivity index (χ1) is 12.0. The number of carbonyl (C=O) groups excluding carboxylic acids is 2. The van der Waals surface area contributed by atoms with Crippen LogP contribution in [0.1, 0.15) is 10.4 Å². The van der Waals surface area contributed by atoms with Gasteiger partial charge in [0.2, 0.25) is 0 Å². The average molecular weight is 375 g/mol. The van der Waals surface area contributed by atoms with Gasteiger partial charge in [0, 0.05) is 16.1 Å². The summed E-state index contributed by atoms with van der Waals surface area (Å²) in [6, 6.07) is 15.1. The van der Waals surface area contributed by atoms with Crippen LogP contribution in [-0.2, 0) is 9.53 Å². The number of hydrogen-bond acceptors (Lipinski definition) is 4. The molecule has 0 saturated heterocycles. The number of pyridine rings is 1. The lowest BCUT2D eigenvalue weighted by Gasteiger charge is -2.09. The minimum atomic E-state index is -0.647. The van der Waals surface area contributed by atoms with Crippen molar-refractivity contribution in [3.05, 3.63) is 70.3 Å². The number of benzene rings is 2. The van der Waals surface area contributed by atoms with Gasteiger partial charge in [0.05, 0.1) is 11.1 Å². The van der Waals surface area contributed by atoms with Crippen LogP contribution in [0, 0.1) is 0 Å². The highest BCUT2D eigenvalue weighted by Gasteiger charge is 2.15. The summed E-state index contributed by atoms with van der Waals surface area (Å²) in [4.78, 5) is 28.4. The normalized spacial score (nSPS) is 10.5. The van der Waals surface area contributed by atoms with Gasteiger partial charge in [-0.25, -0.2) is 9.78 Å². The summed E-state index contributed by atoms with van der Waals surface area (Å²) in [5, 5.41) is 3.96. The molecule has 0 bridgehead atoms. The van der Waals surface area contributed by atoms with E-state index in [-0.39, 0.29) is 10.7 Å². The van der Waals surface area contributed by atoms with Crippen molar-refractivity contribution in [2.45, 2.75) is 0 Å². The van der Waals surface area contributed by atoms with Gasteiger partial charge in [-0.1, -0.05) is 41.4 Å². The Morgan fingerprint density at radius 2 is 1.76 bits per heavy atom. The van der Waals surface area contributed by atoms with Crippen LogP contribution < -0.4 is 5.32 Å². The fourth-order valence-electron chi connectivity index (χ4n) is 2.25. The van der Waals surface area contributed by atoms with Crippen molar-refractivity contribution in [1.82, 2.24) is 4.98 Å².